The van der Waals surface area contributed by atoms with Crippen molar-refractivity contribution < 1.29 is 0 Å². The third-order valence-corrected chi connectivity index (χ3v) is 2.82. The van der Waals surface area contributed by atoms with Crippen molar-refractivity contribution in [2.45, 2.75) is 40.7 Å². The summed E-state index contributed by atoms with van der Waals surface area (Å²) in [5.41, 5.74) is 10.2. The van der Waals surface area contributed by atoms with Crippen LogP contribution in [0.1, 0.15) is 43.5 Å². The summed E-state index contributed by atoms with van der Waals surface area (Å²) in [6, 6.07) is 6.60. The number of nitrogens with two attached hydrogens (primary N) is 1. The second-order valence-corrected chi connectivity index (χ2v) is 5.19. The van der Waals surface area contributed by atoms with E-state index in [1.165, 1.54) is 16.7 Å². The normalized spacial score (nSPS) is 13.2. The molecule has 1 nitrogen and oxygen atoms in total. The third-order valence-electron chi connectivity index (χ3n) is 2.82. The maximum Gasteiger partial charge on any atom is 0.0344 e. The maximum absolute atomic E-state index is 6.19. The van der Waals surface area contributed by atoms with E-state index in [1.54, 1.807) is 0 Å². The van der Waals surface area contributed by atoms with Crippen LogP contribution in [0.5, 0.6) is 0 Å². The van der Waals surface area contributed by atoms with Crippen LogP contribution in [0.4, 0.5) is 0 Å². The molecule has 0 aliphatic heterocycles. The van der Waals surface area contributed by atoms with Gasteiger partial charge in [-0.25, -0.2) is 0 Å². The van der Waals surface area contributed by atoms with E-state index in [1.807, 2.05) is 0 Å². The summed E-state index contributed by atoms with van der Waals surface area (Å²) in [6.07, 6.45) is 0. The van der Waals surface area contributed by atoms with Crippen LogP contribution in [0, 0.1) is 19.3 Å². The van der Waals surface area contributed by atoms with Crippen molar-refractivity contribution in [2.75, 3.05) is 0 Å². The van der Waals surface area contributed by atoms with Crippen LogP contribution in [0.15, 0.2) is 18.2 Å². The molecule has 0 heterocycles. The number of hydrogen-bond acceptors (Lipinski definition) is 1. The van der Waals surface area contributed by atoms with Gasteiger partial charge in [-0.2, -0.15) is 0 Å². The molecule has 0 spiro atoms. The van der Waals surface area contributed by atoms with Gasteiger partial charge in [0.15, 0.2) is 0 Å². The SMILES string of the molecule is Cc1ccc([C@@H](N)C(C)(C)C)cc1C.Cl. The molecule has 0 bridgehead atoms. The first-order valence-corrected chi connectivity index (χ1v) is 5.15. The van der Waals surface area contributed by atoms with Gasteiger partial charge in [0.25, 0.3) is 0 Å². The number of aryl methyl sites for hydroxylation is 2. The van der Waals surface area contributed by atoms with Crippen LogP contribution >= 0.6 is 12.4 Å². The molecule has 2 N–H and O–H groups in total. The molecular formula is C13H22ClN. The molecule has 0 aliphatic carbocycles. The molecular weight excluding hydrogens is 206 g/mol. The van der Waals surface area contributed by atoms with Crippen LogP contribution in [-0.4, -0.2) is 0 Å². The maximum atomic E-state index is 6.19. The van der Waals surface area contributed by atoms with Gasteiger partial charge in [-0.05, 0) is 36.0 Å². The van der Waals surface area contributed by atoms with Crippen molar-refractivity contribution in [1.82, 2.24) is 0 Å². The number of rotatable bonds is 1. The predicted molar refractivity (Wildman–Crippen MR) is 69.5 cm³/mol. The zero-order chi connectivity index (χ0) is 10.9. The molecule has 0 amide bonds. The van der Waals surface area contributed by atoms with Crippen molar-refractivity contribution in [3.8, 4) is 0 Å². The van der Waals surface area contributed by atoms with E-state index in [4.69, 9.17) is 5.73 Å². The van der Waals surface area contributed by atoms with Gasteiger partial charge in [0, 0.05) is 6.04 Å². The van der Waals surface area contributed by atoms with Gasteiger partial charge < -0.3 is 5.73 Å². The third kappa shape index (κ3) is 3.51. The molecule has 86 valence electrons. The molecule has 0 unspecified atom stereocenters. The fraction of sp³-hybridized carbons (Fsp3) is 0.538. The fourth-order valence-corrected chi connectivity index (χ4v) is 1.46. The van der Waals surface area contributed by atoms with Gasteiger partial charge in [0.1, 0.15) is 0 Å². The summed E-state index contributed by atoms with van der Waals surface area (Å²) < 4.78 is 0. The standard InChI is InChI=1S/C13H21N.ClH/c1-9-6-7-11(8-10(9)2)12(14)13(3,4)5;/h6-8,12H,14H2,1-5H3;1H/t12-;/m1./s1. The van der Waals surface area contributed by atoms with Gasteiger partial charge in [0.2, 0.25) is 0 Å². The van der Waals surface area contributed by atoms with Gasteiger partial charge in [-0.15, -0.1) is 12.4 Å². The molecule has 0 radical (unpaired) electrons. The van der Waals surface area contributed by atoms with Crippen molar-refractivity contribution in [1.29, 1.82) is 0 Å². The first-order chi connectivity index (χ1) is 6.32. The van der Waals surface area contributed by atoms with Gasteiger partial charge in [-0.3, -0.25) is 0 Å². The van der Waals surface area contributed by atoms with E-state index in [-0.39, 0.29) is 23.9 Å². The summed E-state index contributed by atoms with van der Waals surface area (Å²) >= 11 is 0. The van der Waals surface area contributed by atoms with E-state index < -0.39 is 0 Å². The zero-order valence-corrected chi connectivity index (χ0v) is 11.1. The Morgan fingerprint density at radius 2 is 1.60 bits per heavy atom. The molecule has 1 aromatic carbocycles. The van der Waals surface area contributed by atoms with Crippen LogP contribution in [0.2, 0.25) is 0 Å². The fourth-order valence-electron chi connectivity index (χ4n) is 1.46. The number of hydrogen-bond donors (Lipinski definition) is 1. The Bertz CT molecular complexity index is 326. The largest absolute Gasteiger partial charge is 0.324 e. The average molecular weight is 228 g/mol. The lowest BCUT2D eigenvalue weighted by atomic mass is 9.82. The smallest absolute Gasteiger partial charge is 0.0344 e. The average Bonchev–Trinajstić information content (AvgIpc) is 2.07. The molecule has 1 atom stereocenters. The molecule has 2 heteroatoms. The van der Waals surface area contributed by atoms with Crippen LogP contribution in [-0.2, 0) is 0 Å². The highest BCUT2D eigenvalue weighted by Crippen LogP contribution is 2.30. The minimum Gasteiger partial charge on any atom is -0.324 e. The first-order valence-electron chi connectivity index (χ1n) is 5.15. The predicted octanol–water partition coefficient (Wildman–Crippen LogP) is 3.77. The molecule has 1 aromatic rings. The molecule has 0 aliphatic rings. The highest BCUT2D eigenvalue weighted by atomic mass is 35.5. The Morgan fingerprint density at radius 3 is 2.00 bits per heavy atom. The second-order valence-electron chi connectivity index (χ2n) is 5.19. The lowest BCUT2D eigenvalue weighted by molar-refractivity contribution is 0.327. The lowest BCUT2D eigenvalue weighted by Crippen LogP contribution is -2.26. The van der Waals surface area contributed by atoms with E-state index >= 15 is 0 Å². The minimum atomic E-state index is 0. The molecule has 0 saturated carbocycles. The van der Waals surface area contributed by atoms with Crippen molar-refractivity contribution in [3.63, 3.8) is 0 Å². The van der Waals surface area contributed by atoms with E-state index in [0.29, 0.717) is 0 Å². The van der Waals surface area contributed by atoms with Gasteiger partial charge >= 0.3 is 0 Å². The van der Waals surface area contributed by atoms with E-state index in [0.717, 1.165) is 0 Å². The summed E-state index contributed by atoms with van der Waals surface area (Å²) in [5.74, 6) is 0. The monoisotopic (exact) mass is 227 g/mol. The lowest BCUT2D eigenvalue weighted by Gasteiger charge is -2.27. The Labute approximate surface area is 99.5 Å². The van der Waals surface area contributed by atoms with Crippen LogP contribution in [0.25, 0.3) is 0 Å². The first kappa shape index (κ1) is 14.5. The van der Waals surface area contributed by atoms with Crippen molar-refractivity contribution >= 4 is 12.4 Å². The minimum absolute atomic E-state index is 0. The molecule has 1 rings (SSSR count). The highest BCUT2D eigenvalue weighted by molar-refractivity contribution is 5.85. The zero-order valence-electron chi connectivity index (χ0n) is 10.3. The second kappa shape index (κ2) is 5.00. The Morgan fingerprint density at radius 1 is 1.07 bits per heavy atom. The number of halogens is 1. The Balaban J connectivity index is 0.00000196. The molecule has 15 heavy (non-hydrogen) atoms. The summed E-state index contributed by atoms with van der Waals surface area (Å²) in [4.78, 5) is 0. The topological polar surface area (TPSA) is 26.0 Å². The summed E-state index contributed by atoms with van der Waals surface area (Å²) in [6.45, 7) is 10.8. The Hall–Kier alpha value is -0.530. The summed E-state index contributed by atoms with van der Waals surface area (Å²) in [7, 11) is 0. The van der Waals surface area contributed by atoms with Crippen molar-refractivity contribution in [3.05, 3.63) is 34.9 Å². The highest BCUT2D eigenvalue weighted by Gasteiger charge is 2.22. The molecule has 0 fully saturated rings. The van der Waals surface area contributed by atoms with E-state index in [2.05, 4.69) is 52.8 Å². The molecule has 0 saturated heterocycles. The quantitative estimate of drug-likeness (QED) is 0.777. The number of benzene rings is 1. The van der Waals surface area contributed by atoms with Crippen LogP contribution < -0.4 is 5.73 Å². The van der Waals surface area contributed by atoms with Crippen molar-refractivity contribution in [2.24, 2.45) is 11.1 Å². The summed E-state index contributed by atoms with van der Waals surface area (Å²) in [5, 5.41) is 0. The van der Waals surface area contributed by atoms with Gasteiger partial charge in [0.05, 0.1) is 0 Å². The molecule has 0 aromatic heterocycles. The van der Waals surface area contributed by atoms with Crippen LogP contribution in [0.3, 0.4) is 0 Å². The Kier molecular flexibility index (Phi) is 4.82. The van der Waals surface area contributed by atoms with Gasteiger partial charge in [-0.1, -0.05) is 39.0 Å². The van der Waals surface area contributed by atoms with E-state index in [9.17, 15) is 0 Å².